The predicted octanol–water partition coefficient (Wildman–Crippen LogP) is 6.40. The van der Waals surface area contributed by atoms with Crippen LogP contribution in [-0.4, -0.2) is 80.4 Å². The molecule has 0 bridgehead atoms. The quantitative estimate of drug-likeness (QED) is 0.0777. The highest BCUT2D eigenvalue weighted by Gasteiger charge is 2.66. The maximum atomic E-state index is 13.0. The summed E-state index contributed by atoms with van der Waals surface area (Å²) in [4.78, 5) is 22.6. The number of alkyl halides is 6. The largest absolute Gasteiger partial charge is 0.442 e. The molecule has 3 heterocycles. The van der Waals surface area contributed by atoms with E-state index in [1.807, 2.05) is 7.05 Å². The van der Waals surface area contributed by atoms with Crippen molar-refractivity contribution in [2.45, 2.75) is 106 Å². The Bertz CT molecular complexity index is 1630. The van der Waals surface area contributed by atoms with Gasteiger partial charge in [-0.05, 0) is 77.7 Å². The average Bonchev–Trinajstić information content (AvgIpc) is 4.00. The van der Waals surface area contributed by atoms with E-state index < -0.39 is 35.3 Å². The van der Waals surface area contributed by atoms with Gasteiger partial charge in [-0.3, -0.25) is 9.59 Å². The Morgan fingerprint density at radius 1 is 0.909 bits per heavy atom. The van der Waals surface area contributed by atoms with E-state index in [1.54, 1.807) is 33.0 Å². The number of unbranched alkanes of at least 4 members (excludes halogenated alkanes) is 1. The van der Waals surface area contributed by atoms with Crippen LogP contribution < -0.4 is 21.7 Å². The molecule has 55 heavy (non-hydrogen) atoms. The number of hydrogen-bond acceptors (Lipinski definition) is 12. The molecule has 1 saturated heterocycles. The van der Waals surface area contributed by atoms with Gasteiger partial charge in [0, 0.05) is 23.7 Å². The lowest BCUT2D eigenvalue weighted by molar-refractivity contribution is -0.166. The van der Waals surface area contributed by atoms with E-state index in [1.165, 1.54) is 36.4 Å². The summed E-state index contributed by atoms with van der Waals surface area (Å²) in [6.45, 7) is 4.78. The van der Waals surface area contributed by atoms with Crippen LogP contribution in [0.1, 0.15) is 86.8 Å². The fourth-order valence-electron chi connectivity index (χ4n) is 6.46. The molecular weight excluding hydrogens is 802 g/mol. The number of Topliss-reactive ketones (excluding diaryl/α,β-unsaturated/α-hetero) is 2. The molecule has 4 aliphatic rings. The van der Waals surface area contributed by atoms with Crippen molar-refractivity contribution in [3.8, 4) is 0 Å². The monoisotopic (exact) mass is 850 g/mol. The van der Waals surface area contributed by atoms with Gasteiger partial charge in [-0.25, -0.2) is 0 Å². The van der Waals surface area contributed by atoms with Gasteiger partial charge in [0.05, 0.1) is 24.3 Å². The van der Waals surface area contributed by atoms with Gasteiger partial charge in [-0.15, -0.1) is 37.4 Å². The zero-order valence-corrected chi connectivity index (χ0v) is 32.7. The predicted molar refractivity (Wildman–Crippen MR) is 197 cm³/mol. The van der Waals surface area contributed by atoms with Crippen molar-refractivity contribution in [3.63, 3.8) is 0 Å². The molecule has 0 radical (unpaired) electrons. The van der Waals surface area contributed by atoms with Crippen molar-refractivity contribution < 1.29 is 45.8 Å². The van der Waals surface area contributed by atoms with E-state index in [-0.39, 0.29) is 57.9 Å². The van der Waals surface area contributed by atoms with E-state index in [0.29, 0.717) is 25.3 Å². The minimum atomic E-state index is -4.55. The summed E-state index contributed by atoms with van der Waals surface area (Å²) in [6, 6.07) is 11.5. The fraction of sp³-hybridized carbons (Fsp3) is 0.611. The van der Waals surface area contributed by atoms with Gasteiger partial charge in [0.1, 0.15) is 11.9 Å². The second-order valence-electron chi connectivity index (χ2n) is 13.7. The number of carbonyl (C=O) groups excluding carboxylic acids is 2. The molecule has 0 spiro atoms. The Hall–Kier alpha value is -3.20. The summed E-state index contributed by atoms with van der Waals surface area (Å²) in [5.41, 5.74) is 2.11. The molecule has 1 aliphatic carbocycles. The van der Waals surface area contributed by atoms with Crippen molar-refractivity contribution in [1.29, 1.82) is 0 Å². The second-order valence-corrected chi connectivity index (χ2v) is 13.7. The van der Waals surface area contributed by atoms with Crippen molar-refractivity contribution >= 4 is 28.5 Å². The van der Waals surface area contributed by atoms with E-state index >= 15 is 0 Å². The first-order valence-electron chi connectivity index (χ1n) is 17.7. The van der Waals surface area contributed by atoms with Crippen LogP contribution in [0.2, 0.25) is 0 Å². The van der Waals surface area contributed by atoms with Crippen molar-refractivity contribution in [2.75, 3.05) is 33.8 Å². The molecule has 0 amide bonds. The third-order valence-electron chi connectivity index (χ3n) is 10.2. The summed E-state index contributed by atoms with van der Waals surface area (Å²) in [5, 5.41) is 31.9. The number of nitrogens with two attached hydrogens (primary N) is 1. The van der Waals surface area contributed by atoms with E-state index in [0.717, 1.165) is 44.1 Å². The van der Waals surface area contributed by atoms with Crippen LogP contribution in [0.4, 0.5) is 26.3 Å². The molecule has 2 aromatic rings. The summed E-state index contributed by atoms with van der Waals surface area (Å²) >= 11 is 0. The number of hydrogen-bond donors (Lipinski definition) is 5. The minimum absolute atomic E-state index is 0. The zero-order chi connectivity index (χ0) is 40.0. The van der Waals surface area contributed by atoms with Crippen LogP contribution in [0.5, 0.6) is 0 Å². The van der Waals surface area contributed by atoms with Gasteiger partial charge in [-0.2, -0.15) is 26.3 Å². The lowest BCUT2D eigenvalue weighted by Gasteiger charge is -2.30. The fourth-order valence-corrected chi connectivity index (χ4v) is 6.46. The number of halogens is 7. The lowest BCUT2D eigenvalue weighted by atomic mass is 9.89. The summed E-state index contributed by atoms with van der Waals surface area (Å²) in [5.74, 6) is 0.286. The van der Waals surface area contributed by atoms with Crippen molar-refractivity contribution in [2.24, 2.45) is 26.2 Å². The summed E-state index contributed by atoms with van der Waals surface area (Å²) < 4.78 is 81.8. The topological polar surface area (TPSA) is 178 Å². The molecule has 2 fully saturated rings. The molecule has 5 atom stereocenters. The zero-order valence-electron chi connectivity index (χ0n) is 31.0. The number of ether oxygens (including phenoxy) is 1. The lowest BCUT2D eigenvalue weighted by Crippen LogP contribution is -2.58. The molecule has 5 unspecified atom stereocenters. The average molecular weight is 852 g/mol. The molecule has 6 N–H and O–H groups in total. The summed E-state index contributed by atoms with van der Waals surface area (Å²) in [6.07, 6.45) is -4.39. The number of rotatable bonds is 15. The first kappa shape index (κ1) is 46.2. The van der Waals surface area contributed by atoms with Gasteiger partial charge < -0.3 is 31.5 Å². The molecule has 2 aromatic carbocycles. The van der Waals surface area contributed by atoms with Crippen LogP contribution in [0.3, 0.4) is 0 Å². The Kier molecular flexibility index (Phi) is 15.8. The van der Waals surface area contributed by atoms with Crippen LogP contribution in [0.15, 0.2) is 69.0 Å². The van der Waals surface area contributed by atoms with E-state index in [9.17, 15) is 41.0 Å². The second kappa shape index (κ2) is 18.8. The number of carbonyl (C=O) groups is 2. The van der Waals surface area contributed by atoms with Crippen LogP contribution in [-0.2, 0) is 25.7 Å². The van der Waals surface area contributed by atoms with Crippen LogP contribution in [0.25, 0.3) is 0 Å². The molecule has 1 saturated carbocycles. The first-order chi connectivity index (χ1) is 25.4. The number of aliphatic hydroxyl groups excluding tert-OH is 1. The number of nitrogens with zero attached hydrogens (tertiary/aromatic N) is 4. The normalized spacial score (nSPS) is 23.6. The molecular formula is C36H49BrF6N8O4. The van der Waals surface area contributed by atoms with Crippen LogP contribution >= 0.6 is 17.0 Å². The van der Waals surface area contributed by atoms with Gasteiger partial charge in [0.15, 0.2) is 5.78 Å². The maximum absolute atomic E-state index is 13.0. The Balaban J connectivity index is 0.000000244. The Morgan fingerprint density at radius 3 is 1.76 bits per heavy atom. The summed E-state index contributed by atoms with van der Waals surface area (Å²) in [7, 11) is 3.57. The van der Waals surface area contributed by atoms with Crippen molar-refractivity contribution in [3.05, 3.63) is 70.8 Å². The van der Waals surface area contributed by atoms with Gasteiger partial charge in [-0.1, -0.05) is 55.0 Å². The smallest absolute Gasteiger partial charge is 0.387 e. The van der Waals surface area contributed by atoms with E-state index in [4.69, 9.17) is 10.5 Å². The number of aliphatic hydroxyl groups is 1. The number of epoxide rings is 1. The molecule has 306 valence electrons. The third-order valence-corrected chi connectivity index (χ3v) is 10.2. The van der Waals surface area contributed by atoms with Gasteiger partial charge in [0.25, 0.3) is 0 Å². The van der Waals surface area contributed by atoms with Gasteiger partial charge >= 0.3 is 23.7 Å². The minimum Gasteiger partial charge on any atom is -0.387 e. The standard InChI is InChI=1S/C18H25F3N4O2.C10H7F3N2O.C8H16N2O.BrH/c1-12(26)15(22-2)5-3-4-10-23-11-16(27)13-6-8-14(9-7-13)17(24-25-17)18(19,20)21;11-10(12,13)9(14-15-9)7-3-1-6(2-4-7)8-5-16-8;1-6(11)8(10-2)5-3-4-7(8)9;/h6-9,15-16,22-23,27H,3-5,10-11H2,1-2H3;1-4,8H,5H2;7,10H,3-5,9H2,1-2H3;1H. The first-order valence-corrected chi connectivity index (χ1v) is 17.7. The van der Waals surface area contributed by atoms with Gasteiger partial charge in [0.2, 0.25) is 0 Å². The van der Waals surface area contributed by atoms with Crippen LogP contribution in [0, 0.1) is 0 Å². The SMILES string of the molecule is Br.CNC(CCCCNCC(O)c1ccc(C2(C(F)(F)F)N=N2)cc1)C(C)=O.CNC1(C(C)=O)CCCC1N.FC(F)(F)C1(c2ccc(C3CO3)cc2)N=N1. The molecule has 19 heteroatoms. The third kappa shape index (κ3) is 11.0. The number of likely N-dealkylation sites (N-methyl/N-ethyl adjacent to an activating group) is 2. The Labute approximate surface area is 326 Å². The maximum Gasteiger partial charge on any atom is 0.442 e. The highest BCUT2D eigenvalue weighted by molar-refractivity contribution is 8.93. The molecule has 12 nitrogen and oxygen atoms in total. The number of ketones is 2. The van der Waals surface area contributed by atoms with E-state index in [2.05, 4.69) is 36.4 Å². The molecule has 3 aliphatic heterocycles. The van der Waals surface area contributed by atoms with Crippen molar-refractivity contribution in [1.82, 2.24) is 16.0 Å². The highest BCUT2D eigenvalue weighted by Crippen LogP contribution is 2.53. The highest BCUT2D eigenvalue weighted by atomic mass is 79.9. The molecule has 6 rings (SSSR count). The number of nitrogens with one attached hydrogen (secondary N) is 3. The molecule has 0 aromatic heterocycles. The Morgan fingerprint density at radius 2 is 1.42 bits per heavy atom. The number of benzene rings is 2.